The van der Waals surface area contributed by atoms with Crippen molar-refractivity contribution >= 4 is 23.3 Å². The summed E-state index contributed by atoms with van der Waals surface area (Å²) in [6.07, 6.45) is 2.34. The van der Waals surface area contributed by atoms with Crippen LogP contribution in [0.4, 0.5) is 11.4 Å². The topological polar surface area (TPSA) is 126 Å². The van der Waals surface area contributed by atoms with Crippen molar-refractivity contribution in [3.05, 3.63) is 35.5 Å². The van der Waals surface area contributed by atoms with Crippen LogP contribution in [0.2, 0.25) is 0 Å². The normalized spacial score (nSPS) is 11.1. The zero-order valence-electron chi connectivity index (χ0n) is 8.12. The van der Waals surface area contributed by atoms with Crippen molar-refractivity contribution in [2.45, 2.75) is 0 Å². The van der Waals surface area contributed by atoms with Gasteiger partial charge in [0.2, 0.25) is 0 Å². The van der Waals surface area contributed by atoms with Crippen LogP contribution in [0.5, 0.6) is 0 Å². The van der Waals surface area contributed by atoms with Gasteiger partial charge in [0, 0.05) is 23.2 Å². The van der Waals surface area contributed by atoms with Crippen molar-refractivity contribution in [2.24, 2.45) is 5.73 Å². The first kappa shape index (κ1) is 10.8. The number of hydrogen-bond acceptors (Lipinski definition) is 5. The first-order chi connectivity index (χ1) is 7.06. The lowest BCUT2D eigenvalue weighted by Gasteiger charge is -2.08. The number of nitrogens with one attached hydrogen (secondary N) is 2. The molecule has 0 spiro atoms. The summed E-state index contributed by atoms with van der Waals surface area (Å²) < 4.78 is 0. The molecule has 0 atom stereocenters. The van der Waals surface area contributed by atoms with E-state index in [0.717, 1.165) is 6.21 Å². The van der Waals surface area contributed by atoms with Crippen molar-refractivity contribution in [3.63, 3.8) is 0 Å². The molecule has 0 radical (unpaired) electrons. The molecule has 78 valence electrons. The Morgan fingerprint density at radius 1 is 1.27 bits per heavy atom. The quantitative estimate of drug-likeness (QED) is 0.367. The molecule has 0 heterocycles. The molecule has 1 rings (SSSR count). The van der Waals surface area contributed by atoms with E-state index in [1.807, 2.05) is 0 Å². The molecule has 0 amide bonds. The molecule has 5 nitrogen and oxygen atoms in total. The lowest BCUT2D eigenvalue weighted by molar-refractivity contribution is 1.39. The van der Waals surface area contributed by atoms with E-state index in [9.17, 15) is 0 Å². The van der Waals surface area contributed by atoms with Crippen LogP contribution in [0.25, 0.3) is 0 Å². The van der Waals surface area contributed by atoms with Gasteiger partial charge in [-0.3, -0.25) is 5.41 Å². The highest BCUT2D eigenvalue weighted by molar-refractivity contribution is 6.14. The molecule has 0 aliphatic carbocycles. The van der Waals surface area contributed by atoms with E-state index in [-0.39, 0.29) is 11.4 Å². The Morgan fingerprint density at radius 2 is 1.93 bits per heavy atom. The molecule has 1 aromatic carbocycles. The standard InChI is InChI=1S/C10H13N5/c11-4-3-9(14)10(15)7-5-6(12)1-2-8(7)13/h1-5,11,15H,12-14H2/b9-3-,11-4?,15-10?. The van der Waals surface area contributed by atoms with E-state index in [1.165, 1.54) is 6.08 Å². The summed E-state index contributed by atoms with van der Waals surface area (Å²) in [7, 11) is 0. The molecule has 0 bridgehead atoms. The van der Waals surface area contributed by atoms with Gasteiger partial charge in [0.1, 0.15) is 0 Å². The highest BCUT2D eigenvalue weighted by Gasteiger charge is 2.08. The van der Waals surface area contributed by atoms with Crippen LogP contribution in [0.15, 0.2) is 30.0 Å². The largest absolute Gasteiger partial charge is 0.399 e. The lowest BCUT2D eigenvalue weighted by Crippen LogP contribution is -2.14. The van der Waals surface area contributed by atoms with Crippen LogP contribution in [0, 0.1) is 10.8 Å². The minimum atomic E-state index is 0.0725. The Hall–Kier alpha value is -2.30. The minimum Gasteiger partial charge on any atom is -0.399 e. The highest BCUT2D eigenvalue weighted by atomic mass is 14.7. The number of rotatable bonds is 3. The third-order valence-electron chi connectivity index (χ3n) is 1.90. The van der Waals surface area contributed by atoms with Crippen LogP contribution in [-0.2, 0) is 0 Å². The maximum Gasteiger partial charge on any atom is 0.0863 e. The number of nitrogens with two attached hydrogens (primary N) is 3. The first-order valence-electron chi connectivity index (χ1n) is 4.26. The molecule has 0 aliphatic heterocycles. The fraction of sp³-hybridized carbons (Fsp3) is 0. The lowest BCUT2D eigenvalue weighted by atomic mass is 10.0. The smallest absolute Gasteiger partial charge is 0.0863 e. The maximum atomic E-state index is 7.74. The van der Waals surface area contributed by atoms with Gasteiger partial charge < -0.3 is 22.6 Å². The summed E-state index contributed by atoms with van der Waals surface area (Å²) in [5.74, 6) is 0. The number of benzene rings is 1. The molecule has 0 unspecified atom stereocenters. The predicted molar refractivity (Wildman–Crippen MR) is 63.1 cm³/mol. The Kier molecular flexibility index (Phi) is 3.07. The molecular formula is C10H13N5. The maximum absolute atomic E-state index is 7.74. The van der Waals surface area contributed by atoms with Crippen LogP contribution in [-0.4, -0.2) is 11.9 Å². The van der Waals surface area contributed by atoms with E-state index in [2.05, 4.69) is 0 Å². The van der Waals surface area contributed by atoms with Crippen molar-refractivity contribution in [3.8, 4) is 0 Å². The Balaban J connectivity index is 3.16. The number of hydrogen-bond donors (Lipinski definition) is 5. The first-order valence-corrected chi connectivity index (χ1v) is 4.26. The number of anilines is 2. The summed E-state index contributed by atoms with van der Waals surface area (Å²) in [6.45, 7) is 0. The third kappa shape index (κ3) is 2.34. The van der Waals surface area contributed by atoms with Crippen LogP contribution in [0.3, 0.4) is 0 Å². The molecular weight excluding hydrogens is 190 g/mol. The zero-order chi connectivity index (χ0) is 11.4. The van der Waals surface area contributed by atoms with Gasteiger partial charge in [0.15, 0.2) is 0 Å². The number of allylic oxidation sites excluding steroid dienone is 2. The summed E-state index contributed by atoms with van der Waals surface area (Å²) in [5.41, 5.74) is 18.5. The SMILES string of the molecule is N=C/C=C(\N)C(=N)c1cc(N)ccc1N. The van der Waals surface area contributed by atoms with Crippen LogP contribution in [0.1, 0.15) is 5.56 Å². The second-order valence-electron chi connectivity index (χ2n) is 3.01. The van der Waals surface area contributed by atoms with Crippen molar-refractivity contribution < 1.29 is 0 Å². The van der Waals surface area contributed by atoms with Gasteiger partial charge in [-0.25, -0.2) is 0 Å². The van der Waals surface area contributed by atoms with Gasteiger partial charge in [-0.2, -0.15) is 0 Å². The van der Waals surface area contributed by atoms with Gasteiger partial charge in [-0.15, -0.1) is 0 Å². The summed E-state index contributed by atoms with van der Waals surface area (Å²) >= 11 is 0. The van der Waals surface area contributed by atoms with E-state index < -0.39 is 0 Å². The molecule has 8 N–H and O–H groups in total. The fourth-order valence-electron chi connectivity index (χ4n) is 1.12. The van der Waals surface area contributed by atoms with Gasteiger partial charge >= 0.3 is 0 Å². The Bertz CT molecular complexity index is 433. The molecule has 0 fully saturated rings. The molecule has 5 heteroatoms. The molecule has 0 aliphatic rings. The molecule has 1 aromatic rings. The van der Waals surface area contributed by atoms with Gasteiger partial charge in [0.25, 0.3) is 0 Å². The van der Waals surface area contributed by atoms with E-state index in [1.54, 1.807) is 18.2 Å². The van der Waals surface area contributed by atoms with Gasteiger partial charge in [-0.1, -0.05) is 0 Å². The summed E-state index contributed by atoms with van der Waals surface area (Å²) in [4.78, 5) is 0. The molecule has 15 heavy (non-hydrogen) atoms. The fourth-order valence-corrected chi connectivity index (χ4v) is 1.12. The average Bonchev–Trinajstić information content (AvgIpc) is 2.21. The van der Waals surface area contributed by atoms with Crippen molar-refractivity contribution in [1.82, 2.24) is 0 Å². The average molecular weight is 203 g/mol. The van der Waals surface area contributed by atoms with Crippen LogP contribution < -0.4 is 17.2 Å². The van der Waals surface area contributed by atoms with E-state index in [4.69, 9.17) is 28.0 Å². The second kappa shape index (κ2) is 4.28. The summed E-state index contributed by atoms with van der Waals surface area (Å²) in [5, 5.41) is 14.6. The van der Waals surface area contributed by atoms with Crippen molar-refractivity contribution in [2.75, 3.05) is 11.5 Å². The van der Waals surface area contributed by atoms with Crippen molar-refractivity contribution in [1.29, 1.82) is 10.8 Å². The van der Waals surface area contributed by atoms with Gasteiger partial charge in [0.05, 0.1) is 11.4 Å². The van der Waals surface area contributed by atoms with E-state index >= 15 is 0 Å². The van der Waals surface area contributed by atoms with E-state index in [0.29, 0.717) is 16.9 Å². The third-order valence-corrected chi connectivity index (χ3v) is 1.90. The van der Waals surface area contributed by atoms with Crippen LogP contribution >= 0.6 is 0 Å². The van der Waals surface area contributed by atoms with Gasteiger partial charge in [-0.05, 0) is 24.3 Å². The number of nitrogen functional groups attached to an aromatic ring is 2. The molecule has 0 saturated heterocycles. The summed E-state index contributed by atoms with van der Waals surface area (Å²) in [6, 6.07) is 4.86. The molecule has 0 aromatic heterocycles. The highest BCUT2D eigenvalue weighted by Crippen LogP contribution is 2.17. The minimum absolute atomic E-state index is 0.0725. The molecule has 0 saturated carbocycles. The predicted octanol–water partition coefficient (Wildman–Crippen LogP) is 0.711. The Labute approximate surface area is 87.6 Å². The zero-order valence-corrected chi connectivity index (χ0v) is 8.12. The Morgan fingerprint density at radius 3 is 2.53 bits per heavy atom. The second-order valence-corrected chi connectivity index (χ2v) is 3.01. The monoisotopic (exact) mass is 203 g/mol.